The molecule has 2 rings (SSSR count). The fourth-order valence-electron chi connectivity index (χ4n) is 2.24. The van der Waals surface area contributed by atoms with Crippen LogP contribution in [0.1, 0.15) is 28.1 Å². The molecule has 2 nitrogen and oxygen atoms in total. The average molecular weight is 240 g/mol. The Morgan fingerprint density at radius 2 is 1.61 bits per heavy atom. The number of pyridine rings is 1. The molecule has 1 N–H and O–H groups in total. The summed E-state index contributed by atoms with van der Waals surface area (Å²) in [5.41, 5.74) is 7.16. The molecule has 0 unspecified atom stereocenters. The topological polar surface area (TPSA) is 24.9 Å². The van der Waals surface area contributed by atoms with Crippen molar-refractivity contribution in [2.24, 2.45) is 0 Å². The highest BCUT2D eigenvalue weighted by atomic mass is 14.9. The minimum Gasteiger partial charge on any atom is -0.380 e. The predicted octanol–water partition coefficient (Wildman–Crippen LogP) is 3.93. The van der Waals surface area contributed by atoms with Crippen LogP contribution in [0.3, 0.4) is 0 Å². The number of benzene rings is 1. The second kappa shape index (κ2) is 5.21. The zero-order chi connectivity index (χ0) is 13.1. The fourth-order valence-corrected chi connectivity index (χ4v) is 2.24. The third kappa shape index (κ3) is 3.10. The van der Waals surface area contributed by atoms with E-state index in [1.165, 1.54) is 16.7 Å². The molecule has 0 radical (unpaired) electrons. The molecule has 1 aromatic heterocycles. The average Bonchev–Trinajstić information content (AvgIpc) is 2.26. The SMILES string of the molecule is Cc1cc(C)cc(CNc2ccc(C)nc2C)c1. The van der Waals surface area contributed by atoms with E-state index < -0.39 is 0 Å². The molecule has 0 saturated heterocycles. The zero-order valence-electron chi connectivity index (χ0n) is 11.5. The number of nitrogens with zero attached hydrogens (tertiary/aromatic N) is 1. The van der Waals surface area contributed by atoms with Crippen LogP contribution in [0.15, 0.2) is 30.3 Å². The lowest BCUT2D eigenvalue weighted by atomic mass is 10.1. The summed E-state index contributed by atoms with van der Waals surface area (Å²) in [5, 5.41) is 3.45. The lowest BCUT2D eigenvalue weighted by molar-refractivity contribution is 1.07. The lowest BCUT2D eigenvalue weighted by Crippen LogP contribution is -2.03. The first-order chi connectivity index (χ1) is 8.54. The van der Waals surface area contributed by atoms with Gasteiger partial charge in [0.15, 0.2) is 0 Å². The van der Waals surface area contributed by atoms with E-state index in [1.54, 1.807) is 0 Å². The highest BCUT2D eigenvalue weighted by molar-refractivity contribution is 5.48. The van der Waals surface area contributed by atoms with E-state index >= 15 is 0 Å². The molecule has 2 heteroatoms. The molecule has 1 aromatic carbocycles. The van der Waals surface area contributed by atoms with E-state index in [0.717, 1.165) is 23.6 Å². The first-order valence-electron chi connectivity index (χ1n) is 6.30. The highest BCUT2D eigenvalue weighted by Crippen LogP contribution is 2.15. The number of hydrogen-bond acceptors (Lipinski definition) is 2. The van der Waals surface area contributed by atoms with E-state index in [9.17, 15) is 0 Å². The van der Waals surface area contributed by atoms with Gasteiger partial charge in [0.05, 0.1) is 11.4 Å². The van der Waals surface area contributed by atoms with Crippen molar-refractivity contribution in [3.05, 3.63) is 58.4 Å². The van der Waals surface area contributed by atoms with Gasteiger partial charge in [0.1, 0.15) is 0 Å². The van der Waals surface area contributed by atoms with Crippen LogP contribution in [0.25, 0.3) is 0 Å². The van der Waals surface area contributed by atoms with Crippen molar-refractivity contribution in [3.63, 3.8) is 0 Å². The molecule has 1 heterocycles. The largest absolute Gasteiger partial charge is 0.380 e. The van der Waals surface area contributed by atoms with Gasteiger partial charge in [-0.1, -0.05) is 29.3 Å². The van der Waals surface area contributed by atoms with E-state index in [1.807, 2.05) is 19.9 Å². The Hall–Kier alpha value is -1.83. The van der Waals surface area contributed by atoms with E-state index in [2.05, 4.69) is 48.4 Å². The maximum Gasteiger partial charge on any atom is 0.0606 e. The van der Waals surface area contributed by atoms with Crippen molar-refractivity contribution in [3.8, 4) is 0 Å². The molecule has 18 heavy (non-hydrogen) atoms. The van der Waals surface area contributed by atoms with Crippen molar-refractivity contribution < 1.29 is 0 Å². The molecule has 0 bridgehead atoms. The van der Waals surface area contributed by atoms with Crippen LogP contribution in [0.4, 0.5) is 5.69 Å². The number of aryl methyl sites for hydroxylation is 4. The summed E-state index contributed by atoms with van der Waals surface area (Å²) in [6.45, 7) is 9.16. The summed E-state index contributed by atoms with van der Waals surface area (Å²) in [4.78, 5) is 4.46. The van der Waals surface area contributed by atoms with Crippen LogP contribution in [-0.4, -0.2) is 4.98 Å². The van der Waals surface area contributed by atoms with Crippen molar-refractivity contribution >= 4 is 5.69 Å². The van der Waals surface area contributed by atoms with Gasteiger partial charge in [-0.05, 0) is 45.4 Å². The van der Waals surface area contributed by atoms with Crippen LogP contribution < -0.4 is 5.32 Å². The Bertz CT molecular complexity index is 539. The second-order valence-corrected chi connectivity index (χ2v) is 4.94. The summed E-state index contributed by atoms with van der Waals surface area (Å²) in [6, 6.07) is 10.8. The number of rotatable bonds is 3. The van der Waals surface area contributed by atoms with Gasteiger partial charge < -0.3 is 5.32 Å². The summed E-state index contributed by atoms with van der Waals surface area (Å²) >= 11 is 0. The molecular formula is C16H20N2. The first kappa shape index (κ1) is 12.6. The molecule has 0 aliphatic heterocycles. The molecule has 94 valence electrons. The Balaban J connectivity index is 2.11. The third-order valence-electron chi connectivity index (χ3n) is 2.99. The van der Waals surface area contributed by atoms with E-state index in [-0.39, 0.29) is 0 Å². The van der Waals surface area contributed by atoms with Crippen LogP contribution in [0.2, 0.25) is 0 Å². The number of hydrogen-bond donors (Lipinski definition) is 1. The monoisotopic (exact) mass is 240 g/mol. The predicted molar refractivity (Wildman–Crippen MR) is 77.0 cm³/mol. The maximum atomic E-state index is 4.46. The van der Waals surface area contributed by atoms with Crippen LogP contribution in [0, 0.1) is 27.7 Å². The summed E-state index contributed by atoms with van der Waals surface area (Å²) < 4.78 is 0. The molecule has 0 saturated carbocycles. The lowest BCUT2D eigenvalue weighted by Gasteiger charge is -2.10. The number of nitrogens with one attached hydrogen (secondary N) is 1. The number of anilines is 1. The van der Waals surface area contributed by atoms with Gasteiger partial charge in [-0.25, -0.2) is 0 Å². The molecule has 0 aliphatic rings. The molecule has 0 atom stereocenters. The summed E-state index contributed by atoms with van der Waals surface area (Å²) in [6.07, 6.45) is 0. The summed E-state index contributed by atoms with van der Waals surface area (Å²) in [7, 11) is 0. The normalized spacial score (nSPS) is 10.4. The molecule has 0 spiro atoms. The van der Waals surface area contributed by atoms with E-state index in [0.29, 0.717) is 0 Å². The van der Waals surface area contributed by atoms with Gasteiger partial charge >= 0.3 is 0 Å². The van der Waals surface area contributed by atoms with Crippen LogP contribution in [-0.2, 0) is 6.54 Å². The van der Waals surface area contributed by atoms with Crippen molar-refractivity contribution in [2.45, 2.75) is 34.2 Å². The Labute approximate surface area is 109 Å². The van der Waals surface area contributed by atoms with Crippen LogP contribution in [0.5, 0.6) is 0 Å². The van der Waals surface area contributed by atoms with Gasteiger partial charge in [-0.2, -0.15) is 0 Å². The van der Waals surface area contributed by atoms with Gasteiger partial charge in [0, 0.05) is 12.2 Å². The van der Waals surface area contributed by atoms with E-state index in [4.69, 9.17) is 0 Å². The summed E-state index contributed by atoms with van der Waals surface area (Å²) in [5.74, 6) is 0. The third-order valence-corrected chi connectivity index (χ3v) is 2.99. The molecule has 0 aliphatic carbocycles. The maximum absolute atomic E-state index is 4.46. The highest BCUT2D eigenvalue weighted by Gasteiger charge is 2.00. The smallest absolute Gasteiger partial charge is 0.0606 e. The zero-order valence-corrected chi connectivity index (χ0v) is 11.5. The second-order valence-electron chi connectivity index (χ2n) is 4.94. The first-order valence-corrected chi connectivity index (χ1v) is 6.30. The Morgan fingerprint density at radius 1 is 0.944 bits per heavy atom. The van der Waals surface area contributed by atoms with Gasteiger partial charge in [0.2, 0.25) is 0 Å². The molecular weight excluding hydrogens is 220 g/mol. The van der Waals surface area contributed by atoms with Gasteiger partial charge in [-0.15, -0.1) is 0 Å². The quantitative estimate of drug-likeness (QED) is 0.879. The Morgan fingerprint density at radius 3 is 2.22 bits per heavy atom. The number of aromatic nitrogens is 1. The standard InChI is InChI=1S/C16H20N2/c1-11-7-12(2)9-15(8-11)10-17-16-6-5-13(3)18-14(16)4/h5-9,17H,10H2,1-4H3. The van der Waals surface area contributed by atoms with Crippen LogP contribution >= 0.6 is 0 Å². The van der Waals surface area contributed by atoms with Crippen molar-refractivity contribution in [2.75, 3.05) is 5.32 Å². The fraction of sp³-hybridized carbons (Fsp3) is 0.312. The molecule has 0 amide bonds. The van der Waals surface area contributed by atoms with Crippen molar-refractivity contribution in [1.82, 2.24) is 4.98 Å². The van der Waals surface area contributed by atoms with Crippen molar-refractivity contribution in [1.29, 1.82) is 0 Å². The Kier molecular flexibility index (Phi) is 3.66. The van der Waals surface area contributed by atoms with Gasteiger partial charge in [-0.3, -0.25) is 4.98 Å². The molecule has 0 fully saturated rings. The minimum absolute atomic E-state index is 0.841. The minimum atomic E-state index is 0.841. The molecule has 2 aromatic rings. The van der Waals surface area contributed by atoms with Gasteiger partial charge in [0.25, 0.3) is 0 Å².